The van der Waals surface area contributed by atoms with Crippen molar-refractivity contribution in [3.63, 3.8) is 0 Å². The molecule has 1 aromatic heterocycles. The van der Waals surface area contributed by atoms with Crippen LogP contribution in [0.2, 0.25) is 0 Å². The highest BCUT2D eigenvalue weighted by Crippen LogP contribution is 2.27. The number of unbranched alkanes of at least 4 members (excludes halogenated alkanes) is 10. The van der Waals surface area contributed by atoms with Crippen molar-refractivity contribution in [1.29, 1.82) is 0 Å². The SMILES string of the molecule is CC(C)(C)CC(=O)N1CCC(O)C1.CNC.Cc1ncsc1-c1ccc(CNC=O)cc1.O=CCCCCCCCCCCCCC(=O)O. The van der Waals surface area contributed by atoms with Gasteiger partial charge in [-0.25, -0.2) is 4.98 Å². The number of hydrogen-bond acceptors (Lipinski definition) is 8. The minimum atomic E-state index is -0.680. The van der Waals surface area contributed by atoms with Crippen molar-refractivity contribution in [2.45, 2.75) is 130 Å². The zero-order chi connectivity index (χ0) is 36.9. The number of β-amino-alcohol motifs (C(OH)–C–C–N with tert-alkyl or cyclic N) is 1. The molecule has 0 spiro atoms. The summed E-state index contributed by atoms with van der Waals surface area (Å²) in [7, 11) is 3.75. The Morgan fingerprint density at radius 3 is 1.94 bits per heavy atom. The molecular weight excluding hydrogens is 641 g/mol. The average Bonchev–Trinajstić information content (AvgIpc) is 3.69. The number of nitrogens with one attached hydrogen (secondary N) is 2. The van der Waals surface area contributed by atoms with Crippen LogP contribution in [-0.2, 0) is 25.7 Å². The summed E-state index contributed by atoms with van der Waals surface area (Å²) in [5, 5.41) is 23.1. The Kier molecular flexibility index (Phi) is 26.8. The Bertz CT molecular complexity index is 1150. The van der Waals surface area contributed by atoms with Crippen LogP contribution < -0.4 is 10.6 Å². The van der Waals surface area contributed by atoms with E-state index in [0.717, 1.165) is 49.8 Å². The number of aliphatic hydroxyl groups is 1. The van der Waals surface area contributed by atoms with E-state index in [1.807, 2.05) is 38.7 Å². The first-order valence-corrected chi connectivity index (χ1v) is 18.6. The molecule has 10 nitrogen and oxygen atoms in total. The second-order valence-corrected chi connectivity index (χ2v) is 14.5. The number of aliphatic hydroxyl groups excluding tert-OH is 1. The van der Waals surface area contributed by atoms with E-state index in [9.17, 15) is 24.3 Å². The maximum Gasteiger partial charge on any atom is 0.303 e. The van der Waals surface area contributed by atoms with Gasteiger partial charge in [-0.15, -0.1) is 11.3 Å². The summed E-state index contributed by atoms with van der Waals surface area (Å²) in [6.45, 7) is 9.98. The van der Waals surface area contributed by atoms with Gasteiger partial charge in [-0.2, -0.15) is 0 Å². The first-order chi connectivity index (χ1) is 23.4. The highest BCUT2D eigenvalue weighted by molar-refractivity contribution is 7.13. The minimum absolute atomic E-state index is 0.0463. The molecule has 1 aromatic carbocycles. The van der Waals surface area contributed by atoms with E-state index in [1.54, 1.807) is 16.2 Å². The fourth-order valence-corrected chi connectivity index (χ4v) is 5.78. The topological polar surface area (TPSA) is 149 Å². The Morgan fingerprint density at radius 2 is 1.51 bits per heavy atom. The van der Waals surface area contributed by atoms with Gasteiger partial charge in [0, 0.05) is 38.9 Å². The second-order valence-electron chi connectivity index (χ2n) is 13.6. The number of likely N-dealkylation sites (tertiary alicyclic amines) is 1. The Morgan fingerprint density at radius 1 is 0.959 bits per heavy atom. The maximum atomic E-state index is 11.6. The van der Waals surface area contributed by atoms with Crippen LogP contribution in [0.1, 0.15) is 122 Å². The highest BCUT2D eigenvalue weighted by atomic mass is 32.1. The molecule has 1 atom stereocenters. The molecule has 1 aliphatic rings. The van der Waals surface area contributed by atoms with Crippen molar-refractivity contribution < 1.29 is 29.4 Å². The summed E-state index contributed by atoms with van der Waals surface area (Å²) >= 11 is 1.64. The lowest BCUT2D eigenvalue weighted by atomic mass is 9.92. The monoisotopic (exact) mass is 704 g/mol. The van der Waals surface area contributed by atoms with Crippen molar-refractivity contribution in [2.24, 2.45) is 5.41 Å². The Balaban J connectivity index is 0.000000681. The van der Waals surface area contributed by atoms with Crippen molar-refractivity contribution in [1.82, 2.24) is 20.5 Å². The molecule has 2 amide bonds. The third-order valence-electron chi connectivity index (χ3n) is 7.51. The number of carboxylic acid groups (broad SMARTS) is 1. The van der Waals surface area contributed by atoms with Gasteiger partial charge in [0.15, 0.2) is 0 Å². The molecule has 0 aliphatic carbocycles. The molecule has 2 heterocycles. The minimum Gasteiger partial charge on any atom is -0.481 e. The number of rotatable bonds is 18. The number of hydrogen-bond donors (Lipinski definition) is 4. The molecule has 1 saturated heterocycles. The summed E-state index contributed by atoms with van der Waals surface area (Å²) < 4.78 is 0. The van der Waals surface area contributed by atoms with E-state index >= 15 is 0 Å². The molecule has 1 fully saturated rings. The van der Waals surface area contributed by atoms with Crippen LogP contribution in [0.15, 0.2) is 29.8 Å². The van der Waals surface area contributed by atoms with Crippen molar-refractivity contribution in [3.8, 4) is 10.4 Å². The highest BCUT2D eigenvalue weighted by Gasteiger charge is 2.27. The number of benzene rings is 1. The van der Waals surface area contributed by atoms with Crippen LogP contribution in [0.25, 0.3) is 10.4 Å². The van der Waals surface area contributed by atoms with Crippen LogP contribution in [0.5, 0.6) is 0 Å². The van der Waals surface area contributed by atoms with Crippen LogP contribution in [-0.4, -0.2) is 78.0 Å². The number of carboxylic acids is 1. The second kappa shape index (κ2) is 28.7. The molecule has 3 rings (SSSR count). The van der Waals surface area contributed by atoms with E-state index in [0.29, 0.717) is 38.8 Å². The zero-order valence-corrected chi connectivity index (χ0v) is 31.8. The van der Waals surface area contributed by atoms with Crippen molar-refractivity contribution in [3.05, 3.63) is 41.0 Å². The summed E-state index contributed by atoms with van der Waals surface area (Å²) in [4.78, 5) is 49.3. The predicted molar refractivity (Wildman–Crippen MR) is 201 cm³/mol. The van der Waals surface area contributed by atoms with Crippen LogP contribution in [0.3, 0.4) is 0 Å². The van der Waals surface area contributed by atoms with Crippen molar-refractivity contribution in [2.75, 3.05) is 27.2 Å². The number of amides is 2. The van der Waals surface area contributed by atoms with Gasteiger partial charge in [0.2, 0.25) is 12.3 Å². The van der Waals surface area contributed by atoms with E-state index in [-0.39, 0.29) is 17.4 Å². The molecule has 0 radical (unpaired) electrons. The van der Waals surface area contributed by atoms with Crippen LogP contribution >= 0.6 is 11.3 Å². The number of nitrogens with zero attached hydrogens (tertiary/aromatic N) is 2. The lowest BCUT2D eigenvalue weighted by Gasteiger charge is -2.22. The fraction of sp³-hybridized carbons (Fsp3) is 0.658. The number of carbonyl (C=O) groups excluding carboxylic acids is 3. The summed E-state index contributed by atoms with van der Waals surface area (Å²) in [6.07, 6.45) is 15.3. The number of aldehydes is 1. The molecular formula is C38H64N4O6S. The normalized spacial score (nSPS) is 13.5. The summed E-state index contributed by atoms with van der Waals surface area (Å²) in [6, 6.07) is 8.15. The molecule has 4 N–H and O–H groups in total. The van der Waals surface area contributed by atoms with E-state index in [4.69, 9.17) is 5.11 Å². The number of aromatic nitrogens is 1. The van der Waals surface area contributed by atoms with Gasteiger partial charge in [-0.1, -0.05) is 96.4 Å². The van der Waals surface area contributed by atoms with Gasteiger partial charge in [0.25, 0.3) is 0 Å². The average molecular weight is 705 g/mol. The molecule has 278 valence electrons. The molecule has 0 bridgehead atoms. The number of thiazole rings is 1. The van der Waals surface area contributed by atoms with Gasteiger partial charge >= 0.3 is 5.97 Å². The maximum absolute atomic E-state index is 11.6. The first-order valence-electron chi connectivity index (χ1n) is 17.7. The van der Waals surface area contributed by atoms with Gasteiger partial charge in [-0.05, 0) is 56.8 Å². The molecule has 49 heavy (non-hydrogen) atoms. The predicted octanol–water partition coefficient (Wildman–Crippen LogP) is 7.17. The van der Waals surface area contributed by atoms with Gasteiger partial charge < -0.3 is 30.5 Å². The number of aliphatic carboxylic acids is 1. The smallest absolute Gasteiger partial charge is 0.303 e. The molecule has 1 aliphatic heterocycles. The van der Waals surface area contributed by atoms with Gasteiger partial charge in [0.1, 0.15) is 6.29 Å². The largest absolute Gasteiger partial charge is 0.481 e. The molecule has 0 saturated carbocycles. The Hall–Kier alpha value is -3.15. The number of aryl methyl sites for hydroxylation is 1. The quantitative estimate of drug-likeness (QED) is 0.0943. The first kappa shape index (κ1) is 45.9. The third-order valence-corrected chi connectivity index (χ3v) is 8.49. The van der Waals surface area contributed by atoms with E-state index in [1.165, 1.54) is 55.4 Å². The molecule has 11 heteroatoms. The van der Waals surface area contributed by atoms with E-state index < -0.39 is 5.97 Å². The van der Waals surface area contributed by atoms with Crippen LogP contribution in [0, 0.1) is 12.3 Å². The third kappa shape index (κ3) is 25.5. The fourth-order valence-electron chi connectivity index (χ4n) is 4.96. The molecule has 1 unspecified atom stereocenters. The lowest BCUT2D eigenvalue weighted by molar-refractivity contribution is -0.137. The van der Waals surface area contributed by atoms with Gasteiger partial charge in [-0.3, -0.25) is 14.4 Å². The van der Waals surface area contributed by atoms with E-state index in [2.05, 4.69) is 48.5 Å². The summed E-state index contributed by atoms with van der Waals surface area (Å²) in [5.74, 6) is -0.510. The Labute approximate surface area is 299 Å². The van der Waals surface area contributed by atoms with Crippen LogP contribution in [0.4, 0.5) is 0 Å². The van der Waals surface area contributed by atoms with Crippen molar-refractivity contribution >= 4 is 35.9 Å². The summed E-state index contributed by atoms with van der Waals surface area (Å²) in [5.41, 5.74) is 5.23. The lowest BCUT2D eigenvalue weighted by Crippen LogP contribution is -2.32. The standard InChI is InChI=1S/C14H26O3.C12H12N2OS.C10H19NO2.C2H7N/c15-13-11-9-7-5-3-1-2-4-6-8-10-12-14(16)17;1-9-12(16-8-14-9)11-4-2-10(3-5-11)6-13-7-15;1-10(2,3)6-9(13)11-5-4-8(12)7-11;1-3-2/h13H,1-12H2,(H,16,17);2-5,7-8H,6H2,1H3,(H,13,15);8,12H,4-7H2,1-3H3;3H,1-2H3. The number of carbonyl (C=O) groups is 4. The van der Waals surface area contributed by atoms with Gasteiger partial charge in [0.05, 0.1) is 22.2 Å². The molecule has 2 aromatic rings. The zero-order valence-electron chi connectivity index (χ0n) is 31.0.